The molecule has 2 rings (SSSR count). The van der Waals surface area contributed by atoms with E-state index in [1.54, 1.807) is 0 Å². The summed E-state index contributed by atoms with van der Waals surface area (Å²) < 4.78 is 5.61. The van der Waals surface area contributed by atoms with Gasteiger partial charge in [-0.05, 0) is 61.6 Å². The van der Waals surface area contributed by atoms with Gasteiger partial charge in [0.05, 0.1) is 6.61 Å². The van der Waals surface area contributed by atoms with Gasteiger partial charge in [-0.1, -0.05) is 33.8 Å². The number of ether oxygens (including phenoxy) is 1. The van der Waals surface area contributed by atoms with Crippen LogP contribution in [0.2, 0.25) is 0 Å². The van der Waals surface area contributed by atoms with Gasteiger partial charge in [0.25, 0.3) is 5.91 Å². The second-order valence-electron chi connectivity index (χ2n) is 7.76. The lowest BCUT2D eigenvalue weighted by atomic mass is 9.71. The van der Waals surface area contributed by atoms with Crippen molar-refractivity contribution in [2.24, 2.45) is 11.3 Å². The van der Waals surface area contributed by atoms with Crippen molar-refractivity contribution >= 4 is 5.91 Å². The van der Waals surface area contributed by atoms with Crippen LogP contribution in [0.15, 0.2) is 24.3 Å². The van der Waals surface area contributed by atoms with Crippen molar-refractivity contribution in [3.63, 3.8) is 0 Å². The molecular formula is C20H31NO2. The molecule has 1 aromatic carbocycles. The zero-order chi connectivity index (χ0) is 16.9. The highest BCUT2D eigenvalue weighted by Gasteiger charge is 2.30. The van der Waals surface area contributed by atoms with Crippen molar-refractivity contribution < 1.29 is 9.53 Å². The van der Waals surface area contributed by atoms with Gasteiger partial charge in [-0.2, -0.15) is 0 Å². The molecule has 1 saturated carbocycles. The lowest BCUT2D eigenvalue weighted by molar-refractivity contribution is 0.0903. The van der Waals surface area contributed by atoms with Crippen LogP contribution in [0.4, 0.5) is 0 Å². The molecule has 3 heteroatoms. The van der Waals surface area contributed by atoms with Crippen LogP contribution in [0.3, 0.4) is 0 Å². The fraction of sp³-hybridized carbons (Fsp3) is 0.650. The minimum absolute atomic E-state index is 0.0196. The highest BCUT2D eigenvalue weighted by molar-refractivity contribution is 5.94. The van der Waals surface area contributed by atoms with Gasteiger partial charge in [-0.15, -0.1) is 0 Å². The number of hydrogen-bond donors (Lipinski definition) is 1. The Hall–Kier alpha value is -1.51. The van der Waals surface area contributed by atoms with Crippen LogP contribution in [0.25, 0.3) is 0 Å². The Morgan fingerprint density at radius 1 is 1.22 bits per heavy atom. The third-order valence-corrected chi connectivity index (χ3v) is 4.86. The van der Waals surface area contributed by atoms with E-state index < -0.39 is 0 Å². The molecule has 1 aliphatic carbocycles. The molecular weight excluding hydrogens is 286 g/mol. The van der Waals surface area contributed by atoms with Crippen molar-refractivity contribution in [2.45, 2.75) is 65.8 Å². The van der Waals surface area contributed by atoms with Gasteiger partial charge < -0.3 is 10.1 Å². The molecule has 23 heavy (non-hydrogen) atoms. The quantitative estimate of drug-likeness (QED) is 0.846. The molecule has 0 saturated heterocycles. The average molecular weight is 317 g/mol. The summed E-state index contributed by atoms with van der Waals surface area (Å²) in [6.07, 6.45) is 5.54. The summed E-state index contributed by atoms with van der Waals surface area (Å²) in [6, 6.07) is 7.79. The van der Waals surface area contributed by atoms with E-state index >= 15 is 0 Å². The Labute approximate surface area is 140 Å². The summed E-state index contributed by atoms with van der Waals surface area (Å²) >= 11 is 0. The molecule has 0 atom stereocenters. The number of amides is 1. The standard InChI is InChI=1S/C20H31NO2/c1-5-13-23-18-8-6-7-15(14-18)19(22)21-17-11-9-16(10-12-17)20(2,3)4/h6-8,14,16-17H,5,9-13H2,1-4H3,(H,21,22). The maximum absolute atomic E-state index is 12.5. The first kappa shape index (κ1) is 17.8. The molecule has 1 amide bonds. The largest absolute Gasteiger partial charge is 0.494 e. The van der Waals surface area contributed by atoms with Gasteiger partial charge in [0.15, 0.2) is 0 Å². The molecule has 0 aromatic heterocycles. The Morgan fingerprint density at radius 3 is 2.52 bits per heavy atom. The predicted octanol–water partition coefficient (Wildman–Crippen LogP) is 4.81. The number of carbonyl (C=O) groups is 1. The lowest BCUT2D eigenvalue weighted by Crippen LogP contribution is -2.39. The van der Waals surface area contributed by atoms with E-state index in [-0.39, 0.29) is 5.91 Å². The van der Waals surface area contributed by atoms with Crippen LogP contribution in [0.1, 0.15) is 70.2 Å². The van der Waals surface area contributed by atoms with E-state index in [2.05, 4.69) is 33.0 Å². The highest BCUT2D eigenvalue weighted by atomic mass is 16.5. The molecule has 0 unspecified atom stereocenters. The van der Waals surface area contributed by atoms with Crippen LogP contribution in [0, 0.1) is 11.3 Å². The van der Waals surface area contributed by atoms with Crippen LogP contribution >= 0.6 is 0 Å². The Balaban J connectivity index is 1.88. The van der Waals surface area contributed by atoms with Gasteiger partial charge in [-0.25, -0.2) is 0 Å². The Morgan fingerprint density at radius 2 is 1.91 bits per heavy atom. The molecule has 128 valence electrons. The topological polar surface area (TPSA) is 38.3 Å². The fourth-order valence-corrected chi connectivity index (χ4v) is 3.32. The van der Waals surface area contributed by atoms with E-state index in [4.69, 9.17) is 4.74 Å². The summed E-state index contributed by atoms with van der Waals surface area (Å²) in [5.74, 6) is 1.56. The van der Waals surface area contributed by atoms with Gasteiger partial charge in [-0.3, -0.25) is 4.79 Å². The molecule has 0 aliphatic heterocycles. The molecule has 0 spiro atoms. The number of nitrogens with one attached hydrogen (secondary N) is 1. The van der Waals surface area contributed by atoms with Gasteiger partial charge >= 0.3 is 0 Å². The van der Waals surface area contributed by atoms with Crippen molar-refractivity contribution in [1.29, 1.82) is 0 Å². The van der Waals surface area contributed by atoms with Crippen LogP contribution in [-0.4, -0.2) is 18.6 Å². The number of rotatable bonds is 5. The first-order valence-corrected chi connectivity index (χ1v) is 8.94. The summed E-state index contributed by atoms with van der Waals surface area (Å²) in [4.78, 5) is 12.5. The van der Waals surface area contributed by atoms with Gasteiger partial charge in [0.1, 0.15) is 5.75 Å². The molecule has 0 bridgehead atoms. The third-order valence-electron chi connectivity index (χ3n) is 4.86. The third kappa shape index (κ3) is 5.26. The average Bonchev–Trinajstić information content (AvgIpc) is 2.53. The molecule has 1 aromatic rings. The molecule has 1 aliphatic rings. The van der Waals surface area contributed by atoms with Crippen molar-refractivity contribution in [1.82, 2.24) is 5.32 Å². The smallest absolute Gasteiger partial charge is 0.251 e. The lowest BCUT2D eigenvalue weighted by Gasteiger charge is -2.37. The molecule has 1 N–H and O–H groups in total. The van der Waals surface area contributed by atoms with Crippen molar-refractivity contribution in [3.8, 4) is 5.75 Å². The van der Waals surface area contributed by atoms with E-state index in [1.807, 2.05) is 24.3 Å². The van der Waals surface area contributed by atoms with E-state index in [9.17, 15) is 4.79 Å². The summed E-state index contributed by atoms with van der Waals surface area (Å²) in [5.41, 5.74) is 1.07. The van der Waals surface area contributed by atoms with Crippen LogP contribution in [-0.2, 0) is 0 Å². The molecule has 1 fully saturated rings. The van der Waals surface area contributed by atoms with Gasteiger partial charge in [0, 0.05) is 11.6 Å². The van der Waals surface area contributed by atoms with Gasteiger partial charge in [0.2, 0.25) is 0 Å². The molecule has 3 nitrogen and oxygen atoms in total. The minimum Gasteiger partial charge on any atom is -0.494 e. The summed E-state index contributed by atoms with van der Waals surface area (Å²) in [6.45, 7) is 9.71. The van der Waals surface area contributed by atoms with Crippen molar-refractivity contribution in [2.75, 3.05) is 6.61 Å². The predicted molar refractivity (Wildman–Crippen MR) is 94.9 cm³/mol. The van der Waals surface area contributed by atoms with Crippen LogP contribution < -0.4 is 10.1 Å². The van der Waals surface area contributed by atoms with E-state index in [1.165, 1.54) is 12.8 Å². The fourth-order valence-electron chi connectivity index (χ4n) is 3.32. The minimum atomic E-state index is 0.0196. The normalized spacial score (nSPS) is 21.7. The summed E-state index contributed by atoms with van der Waals surface area (Å²) in [5, 5.41) is 3.20. The number of hydrogen-bond acceptors (Lipinski definition) is 2. The second kappa shape index (κ2) is 7.85. The maximum Gasteiger partial charge on any atom is 0.251 e. The Kier molecular flexibility index (Phi) is 6.09. The Bertz CT molecular complexity index is 511. The zero-order valence-corrected chi connectivity index (χ0v) is 15.0. The highest BCUT2D eigenvalue weighted by Crippen LogP contribution is 2.37. The zero-order valence-electron chi connectivity index (χ0n) is 15.0. The second-order valence-corrected chi connectivity index (χ2v) is 7.76. The van der Waals surface area contributed by atoms with E-state index in [0.717, 1.165) is 30.9 Å². The van der Waals surface area contributed by atoms with Crippen LogP contribution in [0.5, 0.6) is 5.75 Å². The SMILES string of the molecule is CCCOc1cccc(C(=O)NC2CCC(C(C)(C)C)CC2)c1. The maximum atomic E-state index is 12.5. The molecule has 0 heterocycles. The van der Waals surface area contributed by atoms with Crippen molar-refractivity contribution in [3.05, 3.63) is 29.8 Å². The first-order valence-electron chi connectivity index (χ1n) is 8.94. The first-order chi connectivity index (χ1) is 10.9. The van der Waals surface area contributed by atoms with E-state index in [0.29, 0.717) is 23.6 Å². The number of benzene rings is 1. The number of carbonyl (C=O) groups excluding carboxylic acids is 1. The molecule has 0 radical (unpaired) electrons. The monoisotopic (exact) mass is 317 g/mol. The summed E-state index contributed by atoms with van der Waals surface area (Å²) in [7, 11) is 0.